The predicted molar refractivity (Wildman–Crippen MR) is 144 cm³/mol. The van der Waals surface area contributed by atoms with E-state index >= 15 is 0 Å². The first kappa shape index (κ1) is 28.8. The summed E-state index contributed by atoms with van der Waals surface area (Å²) in [6, 6.07) is 8.46. The number of aromatic nitrogens is 1. The number of sulfone groups is 1. The van der Waals surface area contributed by atoms with Crippen molar-refractivity contribution >= 4 is 76.9 Å². The van der Waals surface area contributed by atoms with E-state index in [-0.39, 0.29) is 32.0 Å². The van der Waals surface area contributed by atoms with Gasteiger partial charge >= 0.3 is 6.03 Å². The normalized spacial score (nSPS) is 13.8. The van der Waals surface area contributed by atoms with Crippen LogP contribution < -0.4 is 20.7 Å². The van der Waals surface area contributed by atoms with Crippen LogP contribution in [0.3, 0.4) is 0 Å². The molecule has 1 aliphatic heterocycles. The van der Waals surface area contributed by atoms with Crippen LogP contribution in [0, 0.1) is 0 Å². The minimum Gasteiger partial charge on any atom is -0.490 e. The van der Waals surface area contributed by atoms with Crippen molar-refractivity contribution in [2.75, 3.05) is 24.7 Å². The molecule has 198 valence electrons. The van der Waals surface area contributed by atoms with Crippen molar-refractivity contribution < 1.29 is 27.5 Å². The maximum Gasteiger partial charge on any atom is 0.327 e. The van der Waals surface area contributed by atoms with E-state index in [2.05, 4.69) is 32.5 Å². The number of urea groups is 1. The number of nitrogens with one attached hydrogen (secondary N) is 3. The smallest absolute Gasteiger partial charge is 0.327 e. The fraction of sp³-hybridized carbons (Fsp3) is 0.304. The van der Waals surface area contributed by atoms with Crippen LogP contribution in [0.1, 0.15) is 30.1 Å². The van der Waals surface area contributed by atoms with Gasteiger partial charge in [0.15, 0.2) is 15.0 Å². The molecule has 4 rings (SSSR count). The minimum atomic E-state index is -3.36. The fourth-order valence-corrected chi connectivity index (χ4v) is 5.17. The van der Waals surface area contributed by atoms with Crippen LogP contribution in [-0.4, -0.2) is 56.0 Å². The van der Waals surface area contributed by atoms with Crippen LogP contribution in [0.2, 0.25) is 5.02 Å². The van der Waals surface area contributed by atoms with Crippen LogP contribution in [-0.2, 0) is 14.6 Å². The highest BCUT2D eigenvalue weighted by atomic mass is 35.5. The topological polar surface area (TPSA) is 144 Å². The zero-order valence-electron chi connectivity index (χ0n) is 19.8. The number of anilines is 1. The SMILES string of the molecule is CC(=O)Cl.CS(=O)(=O)c1ccc2nc(NC(=O)NC(=O)c3cc(OC4CCNCC4)ccc3Cl)sc2c1. The van der Waals surface area contributed by atoms with Gasteiger partial charge in [-0.05, 0) is 73.9 Å². The van der Waals surface area contributed by atoms with Crippen molar-refractivity contribution in [1.29, 1.82) is 0 Å². The molecule has 1 aliphatic rings. The van der Waals surface area contributed by atoms with Gasteiger partial charge in [0.1, 0.15) is 11.9 Å². The van der Waals surface area contributed by atoms with Gasteiger partial charge in [-0.15, -0.1) is 0 Å². The number of ether oxygens (including phenoxy) is 1. The number of hydrogen-bond donors (Lipinski definition) is 3. The molecule has 3 amide bonds. The van der Waals surface area contributed by atoms with E-state index in [1.54, 1.807) is 18.2 Å². The molecule has 0 saturated carbocycles. The molecule has 1 saturated heterocycles. The Morgan fingerprint density at radius 3 is 2.46 bits per heavy atom. The van der Waals surface area contributed by atoms with E-state index in [4.69, 9.17) is 16.3 Å². The Morgan fingerprint density at radius 1 is 1.14 bits per heavy atom. The monoisotopic (exact) mass is 586 g/mol. The van der Waals surface area contributed by atoms with Gasteiger partial charge in [0.25, 0.3) is 5.91 Å². The van der Waals surface area contributed by atoms with Crippen molar-refractivity contribution in [2.45, 2.75) is 30.8 Å². The second-order valence-corrected chi connectivity index (χ2v) is 12.0. The zero-order chi connectivity index (χ0) is 27.2. The molecule has 0 radical (unpaired) electrons. The number of benzene rings is 2. The molecule has 0 aliphatic carbocycles. The second kappa shape index (κ2) is 12.7. The van der Waals surface area contributed by atoms with E-state index in [9.17, 15) is 22.8 Å². The van der Waals surface area contributed by atoms with Crippen molar-refractivity contribution in [2.24, 2.45) is 0 Å². The first-order valence-electron chi connectivity index (χ1n) is 11.0. The Bertz CT molecular complexity index is 1420. The lowest BCUT2D eigenvalue weighted by Gasteiger charge is -2.24. The fourth-order valence-electron chi connectivity index (χ4n) is 3.35. The third-order valence-corrected chi connectivity index (χ3v) is 7.38. The van der Waals surface area contributed by atoms with Gasteiger partial charge in [-0.1, -0.05) is 22.9 Å². The third kappa shape index (κ3) is 8.64. The highest BCUT2D eigenvalue weighted by Crippen LogP contribution is 2.28. The summed E-state index contributed by atoms with van der Waals surface area (Å²) in [7, 11) is -3.36. The van der Waals surface area contributed by atoms with Crippen LogP contribution in [0.4, 0.5) is 9.93 Å². The number of thiazole rings is 1. The van der Waals surface area contributed by atoms with E-state index in [0.29, 0.717) is 16.0 Å². The van der Waals surface area contributed by atoms with Crippen LogP contribution in [0.25, 0.3) is 10.2 Å². The highest BCUT2D eigenvalue weighted by Gasteiger charge is 2.19. The average molecular weight is 588 g/mol. The number of rotatable bonds is 5. The number of amides is 3. The van der Waals surface area contributed by atoms with E-state index in [1.807, 2.05) is 0 Å². The molecular weight excluding hydrogens is 563 g/mol. The molecule has 3 N–H and O–H groups in total. The van der Waals surface area contributed by atoms with Gasteiger partial charge in [0.05, 0.1) is 25.7 Å². The quantitative estimate of drug-likeness (QED) is 0.377. The number of nitrogens with zero attached hydrogens (tertiary/aromatic N) is 1. The van der Waals surface area contributed by atoms with E-state index in [1.165, 1.54) is 25.1 Å². The molecule has 1 fully saturated rings. The summed E-state index contributed by atoms with van der Waals surface area (Å²) in [5, 5.41) is 8.02. The minimum absolute atomic E-state index is 0.0499. The molecular formula is C23H24Cl2N4O6S2. The molecule has 0 bridgehead atoms. The molecule has 10 nitrogen and oxygen atoms in total. The zero-order valence-corrected chi connectivity index (χ0v) is 23.0. The van der Waals surface area contributed by atoms with Crippen molar-refractivity contribution in [3.63, 3.8) is 0 Å². The molecule has 0 atom stereocenters. The molecule has 37 heavy (non-hydrogen) atoms. The lowest BCUT2D eigenvalue weighted by Crippen LogP contribution is -2.35. The van der Waals surface area contributed by atoms with Gasteiger partial charge in [0.2, 0.25) is 5.24 Å². The first-order chi connectivity index (χ1) is 17.4. The van der Waals surface area contributed by atoms with Gasteiger partial charge in [-0.25, -0.2) is 18.2 Å². The van der Waals surface area contributed by atoms with Crippen molar-refractivity contribution in [3.05, 3.63) is 47.0 Å². The average Bonchev–Trinajstić information content (AvgIpc) is 3.21. The third-order valence-electron chi connectivity index (χ3n) is 5.01. The summed E-state index contributed by atoms with van der Waals surface area (Å²) in [6.07, 6.45) is 2.89. The number of halogens is 2. The Kier molecular flexibility index (Phi) is 9.85. The standard InChI is InChI=1S/C21H21ClN4O5S2.C2H3ClO/c1-33(29,30)14-3-5-17-18(11-14)32-21(24-17)26-20(28)25-19(27)15-10-13(2-4-16(15)22)31-12-6-8-23-9-7-12;1-2(3)4/h2-5,10-12,23H,6-9H2,1H3,(H2,24,25,26,27,28);1H3. The summed E-state index contributed by atoms with van der Waals surface area (Å²) < 4.78 is 30.0. The van der Waals surface area contributed by atoms with Crippen molar-refractivity contribution in [3.8, 4) is 5.75 Å². The van der Waals surface area contributed by atoms with Gasteiger partial charge in [-0.3, -0.25) is 20.2 Å². The molecule has 0 unspecified atom stereocenters. The number of imide groups is 1. The van der Waals surface area contributed by atoms with Gasteiger partial charge < -0.3 is 10.1 Å². The number of carbonyl (C=O) groups excluding carboxylic acids is 3. The number of hydrogen-bond acceptors (Lipinski definition) is 9. The lowest BCUT2D eigenvalue weighted by molar-refractivity contribution is -0.109. The summed E-state index contributed by atoms with van der Waals surface area (Å²) >= 11 is 11.9. The summed E-state index contributed by atoms with van der Waals surface area (Å²) in [5.41, 5.74) is 0.639. The molecule has 2 heterocycles. The maximum atomic E-state index is 12.6. The predicted octanol–water partition coefficient (Wildman–Crippen LogP) is 4.22. The van der Waals surface area contributed by atoms with E-state index < -0.39 is 21.8 Å². The highest BCUT2D eigenvalue weighted by molar-refractivity contribution is 7.90. The van der Waals surface area contributed by atoms with Gasteiger partial charge in [0, 0.05) is 13.2 Å². The van der Waals surface area contributed by atoms with Crippen LogP contribution in [0.5, 0.6) is 5.75 Å². The Balaban J connectivity index is 0.000000886. The summed E-state index contributed by atoms with van der Waals surface area (Å²) in [6.45, 7) is 3.03. The first-order valence-corrected chi connectivity index (χ1v) is 14.4. The Labute approximate surface area is 227 Å². The van der Waals surface area contributed by atoms with Crippen molar-refractivity contribution in [1.82, 2.24) is 15.6 Å². The van der Waals surface area contributed by atoms with Gasteiger partial charge in [-0.2, -0.15) is 0 Å². The molecule has 0 spiro atoms. The summed E-state index contributed by atoms with van der Waals surface area (Å²) in [5.74, 6) is -0.182. The molecule has 14 heteroatoms. The Morgan fingerprint density at radius 2 is 1.81 bits per heavy atom. The lowest BCUT2D eigenvalue weighted by atomic mass is 10.1. The second-order valence-electron chi connectivity index (χ2n) is 8.01. The summed E-state index contributed by atoms with van der Waals surface area (Å²) in [4.78, 5) is 38.6. The number of piperidine rings is 1. The van der Waals surface area contributed by atoms with Crippen LogP contribution >= 0.6 is 34.5 Å². The van der Waals surface area contributed by atoms with E-state index in [0.717, 1.165) is 43.5 Å². The maximum absolute atomic E-state index is 12.6. The Hall–Kier alpha value is -2.77. The largest absolute Gasteiger partial charge is 0.490 e. The molecule has 2 aromatic carbocycles. The number of fused-ring (bicyclic) bond motifs is 1. The molecule has 3 aromatic rings. The van der Waals surface area contributed by atoms with Crippen LogP contribution in [0.15, 0.2) is 41.3 Å². The molecule has 1 aromatic heterocycles. The number of carbonyl (C=O) groups is 3.